The van der Waals surface area contributed by atoms with Crippen LogP contribution in [0.4, 0.5) is 0 Å². The first-order valence-electron chi connectivity index (χ1n) is 8.73. The van der Waals surface area contributed by atoms with E-state index >= 15 is 0 Å². The second-order valence-corrected chi connectivity index (χ2v) is 7.88. The Hall–Kier alpha value is -2.26. The maximum Gasteiger partial charge on any atom is 0.258 e. The third kappa shape index (κ3) is 4.41. The Balaban J connectivity index is 0.00000280. The van der Waals surface area contributed by atoms with Crippen molar-refractivity contribution in [2.24, 2.45) is 5.73 Å². The van der Waals surface area contributed by atoms with E-state index in [9.17, 15) is 8.42 Å². The van der Waals surface area contributed by atoms with Gasteiger partial charge in [-0.05, 0) is 29.8 Å². The number of hydrogen-bond acceptors (Lipinski definition) is 6. The number of aromatic nitrogens is 2. The van der Waals surface area contributed by atoms with E-state index in [1.54, 1.807) is 24.3 Å². The average molecular weight is 423 g/mol. The molecule has 0 atom stereocenters. The molecule has 1 heterocycles. The monoisotopic (exact) mass is 422 g/mol. The van der Waals surface area contributed by atoms with Crippen LogP contribution in [0.25, 0.3) is 22.8 Å². The summed E-state index contributed by atoms with van der Waals surface area (Å²) in [6.45, 7) is 4.96. The number of rotatable bonds is 7. The molecule has 2 N–H and O–H groups in total. The van der Waals surface area contributed by atoms with E-state index in [4.69, 9.17) is 10.3 Å². The summed E-state index contributed by atoms with van der Waals surface area (Å²) in [6, 6.07) is 14.1. The van der Waals surface area contributed by atoms with Gasteiger partial charge in [0.2, 0.25) is 15.8 Å². The second-order valence-electron chi connectivity index (χ2n) is 5.94. The molecule has 28 heavy (non-hydrogen) atoms. The van der Waals surface area contributed by atoms with Gasteiger partial charge in [-0.25, -0.2) is 8.42 Å². The summed E-state index contributed by atoms with van der Waals surface area (Å²) in [5.41, 5.74) is 8.10. The van der Waals surface area contributed by atoms with Crippen molar-refractivity contribution in [3.05, 3.63) is 54.1 Å². The lowest BCUT2D eigenvalue weighted by Gasteiger charge is -2.18. The largest absolute Gasteiger partial charge is 0.334 e. The van der Waals surface area contributed by atoms with Gasteiger partial charge in [-0.15, -0.1) is 12.4 Å². The summed E-state index contributed by atoms with van der Waals surface area (Å²) in [4.78, 5) is 4.64. The Labute approximate surface area is 171 Å². The molecule has 3 aromatic rings. The minimum absolute atomic E-state index is 0. The van der Waals surface area contributed by atoms with Gasteiger partial charge >= 0.3 is 0 Å². The van der Waals surface area contributed by atoms with Crippen molar-refractivity contribution in [1.82, 2.24) is 14.4 Å². The van der Waals surface area contributed by atoms with Crippen molar-refractivity contribution in [2.45, 2.75) is 25.3 Å². The van der Waals surface area contributed by atoms with Crippen molar-refractivity contribution in [2.75, 3.05) is 13.1 Å². The summed E-state index contributed by atoms with van der Waals surface area (Å²) in [7, 11) is -3.49. The van der Waals surface area contributed by atoms with Gasteiger partial charge in [0.25, 0.3) is 5.89 Å². The lowest BCUT2D eigenvalue weighted by atomic mass is 10.1. The normalized spacial score (nSPS) is 11.4. The van der Waals surface area contributed by atoms with Crippen molar-refractivity contribution >= 4 is 22.4 Å². The van der Waals surface area contributed by atoms with Gasteiger partial charge in [0.1, 0.15) is 0 Å². The second kappa shape index (κ2) is 9.29. The van der Waals surface area contributed by atoms with Crippen LogP contribution in [-0.2, 0) is 16.6 Å². The van der Waals surface area contributed by atoms with Gasteiger partial charge in [0.15, 0.2) is 0 Å². The molecule has 7 nitrogen and oxygen atoms in total. The predicted molar refractivity (Wildman–Crippen MR) is 110 cm³/mol. The Kier molecular flexibility index (Phi) is 7.31. The van der Waals surface area contributed by atoms with E-state index in [2.05, 4.69) is 10.1 Å². The summed E-state index contributed by atoms with van der Waals surface area (Å²) < 4.78 is 31.8. The summed E-state index contributed by atoms with van der Waals surface area (Å²) >= 11 is 0. The molecule has 1 aromatic heterocycles. The molecule has 0 amide bonds. The quantitative estimate of drug-likeness (QED) is 0.626. The van der Waals surface area contributed by atoms with Gasteiger partial charge in [-0.3, -0.25) is 0 Å². The molecule has 0 aliphatic rings. The number of benzene rings is 2. The molecule has 3 rings (SSSR count). The van der Waals surface area contributed by atoms with Gasteiger partial charge in [-0.1, -0.05) is 43.3 Å². The van der Waals surface area contributed by atoms with Crippen LogP contribution in [0.1, 0.15) is 19.4 Å². The van der Waals surface area contributed by atoms with Gasteiger partial charge in [0, 0.05) is 30.8 Å². The van der Waals surface area contributed by atoms with Gasteiger partial charge < -0.3 is 10.3 Å². The number of nitrogens with zero attached hydrogens (tertiary/aromatic N) is 3. The maximum absolute atomic E-state index is 12.5. The zero-order chi connectivity index (χ0) is 19.4. The minimum atomic E-state index is -3.49. The highest BCUT2D eigenvalue weighted by Gasteiger charge is 2.21. The highest BCUT2D eigenvalue weighted by molar-refractivity contribution is 7.89. The molecule has 2 aromatic carbocycles. The number of halogens is 1. The van der Waals surface area contributed by atoms with E-state index < -0.39 is 10.0 Å². The Morgan fingerprint density at radius 3 is 2.07 bits per heavy atom. The molecule has 0 aliphatic carbocycles. The van der Waals surface area contributed by atoms with Crippen LogP contribution in [0.15, 0.2) is 57.9 Å². The van der Waals surface area contributed by atoms with Crippen molar-refractivity contribution in [1.29, 1.82) is 0 Å². The number of hydrogen-bond donors (Lipinski definition) is 1. The predicted octanol–water partition coefficient (Wildman–Crippen LogP) is 3.31. The lowest BCUT2D eigenvalue weighted by molar-refractivity contribution is 0.432. The minimum Gasteiger partial charge on any atom is -0.334 e. The fraction of sp³-hybridized carbons (Fsp3) is 0.263. The van der Waals surface area contributed by atoms with Gasteiger partial charge in [-0.2, -0.15) is 9.29 Å². The van der Waals surface area contributed by atoms with E-state index in [0.717, 1.165) is 11.1 Å². The van der Waals surface area contributed by atoms with Crippen LogP contribution in [0.5, 0.6) is 0 Å². The average Bonchev–Trinajstić information content (AvgIpc) is 3.19. The summed E-state index contributed by atoms with van der Waals surface area (Å²) in [5, 5.41) is 4.00. The molecular formula is C19H23ClN4O3S. The van der Waals surface area contributed by atoms with Crippen molar-refractivity contribution < 1.29 is 12.9 Å². The molecule has 0 saturated heterocycles. The maximum atomic E-state index is 12.5. The third-order valence-electron chi connectivity index (χ3n) is 4.32. The summed E-state index contributed by atoms with van der Waals surface area (Å²) in [5.74, 6) is 0.799. The van der Waals surface area contributed by atoms with Gasteiger partial charge in [0.05, 0.1) is 4.90 Å². The smallest absolute Gasteiger partial charge is 0.258 e. The molecule has 0 unspecified atom stereocenters. The zero-order valence-electron chi connectivity index (χ0n) is 15.7. The zero-order valence-corrected chi connectivity index (χ0v) is 17.3. The Morgan fingerprint density at radius 1 is 0.964 bits per heavy atom. The first-order chi connectivity index (χ1) is 13.0. The van der Waals surface area contributed by atoms with Crippen molar-refractivity contribution in [3.63, 3.8) is 0 Å². The van der Waals surface area contributed by atoms with E-state index in [1.165, 1.54) is 4.31 Å². The molecule has 0 fully saturated rings. The fourth-order valence-corrected chi connectivity index (χ4v) is 4.19. The topological polar surface area (TPSA) is 102 Å². The highest BCUT2D eigenvalue weighted by atomic mass is 35.5. The molecule has 150 valence electrons. The number of nitrogens with two attached hydrogens (primary N) is 1. The molecule has 9 heteroatoms. The first-order valence-corrected chi connectivity index (χ1v) is 10.2. The highest BCUT2D eigenvalue weighted by Crippen LogP contribution is 2.24. The molecule has 0 radical (unpaired) electrons. The van der Waals surface area contributed by atoms with Crippen LogP contribution in [0.3, 0.4) is 0 Å². The van der Waals surface area contributed by atoms with Crippen LogP contribution in [0.2, 0.25) is 0 Å². The molecule has 0 spiro atoms. The van der Waals surface area contributed by atoms with Crippen LogP contribution in [-0.4, -0.2) is 36.0 Å². The molecular weight excluding hydrogens is 400 g/mol. The lowest BCUT2D eigenvalue weighted by Crippen LogP contribution is -2.30. The third-order valence-corrected chi connectivity index (χ3v) is 6.38. The van der Waals surface area contributed by atoms with Crippen LogP contribution < -0.4 is 5.73 Å². The summed E-state index contributed by atoms with van der Waals surface area (Å²) in [6.07, 6.45) is 0. The van der Waals surface area contributed by atoms with E-state index in [-0.39, 0.29) is 17.3 Å². The first kappa shape index (κ1) is 22.0. The Bertz CT molecular complexity index is 998. The fourth-order valence-electron chi connectivity index (χ4n) is 2.73. The SMILES string of the molecule is CCN(CC)S(=O)(=O)c1ccc(-c2nc(-c3ccc(CN)cc3)no2)cc1.Cl. The van der Waals surface area contributed by atoms with E-state index in [1.807, 2.05) is 38.1 Å². The molecule has 0 aliphatic heterocycles. The van der Waals surface area contributed by atoms with Crippen LogP contribution in [0, 0.1) is 0 Å². The Morgan fingerprint density at radius 2 is 1.54 bits per heavy atom. The van der Waals surface area contributed by atoms with Crippen molar-refractivity contribution in [3.8, 4) is 22.8 Å². The van der Waals surface area contributed by atoms with Crippen LogP contribution >= 0.6 is 12.4 Å². The molecule has 0 saturated carbocycles. The van der Waals surface area contributed by atoms with E-state index in [0.29, 0.717) is 36.9 Å². The standard InChI is InChI=1S/C19H22N4O3S.ClH/c1-3-23(4-2)27(24,25)17-11-9-16(10-12-17)19-21-18(22-26-19)15-7-5-14(13-20)6-8-15;/h5-12H,3-4,13,20H2,1-2H3;1H. The molecule has 0 bridgehead atoms. The number of sulfonamides is 1.